The molecule has 0 unspecified atom stereocenters. The molecule has 0 heterocycles. The van der Waals surface area contributed by atoms with Gasteiger partial charge in [-0.2, -0.15) is 0 Å². The molecular formula is C22H28N2O4. The Morgan fingerprint density at radius 1 is 1.04 bits per heavy atom. The van der Waals surface area contributed by atoms with Gasteiger partial charge in [-0.05, 0) is 25.0 Å². The van der Waals surface area contributed by atoms with Gasteiger partial charge in [0.25, 0.3) is 0 Å². The van der Waals surface area contributed by atoms with Crippen LogP contribution in [0.15, 0.2) is 60.7 Å². The highest BCUT2D eigenvalue weighted by molar-refractivity contribution is 5.78. The van der Waals surface area contributed by atoms with E-state index < -0.39 is 18.2 Å². The summed E-state index contributed by atoms with van der Waals surface area (Å²) >= 11 is 0. The minimum Gasteiger partial charge on any atom is -0.445 e. The van der Waals surface area contributed by atoms with Crippen molar-refractivity contribution < 1.29 is 19.4 Å². The van der Waals surface area contributed by atoms with Gasteiger partial charge in [0, 0.05) is 19.5 Å². The SMILES string of the molecule is C[C@H](CC(=O)N(C)[C@@H](C)[C@@H](O)c1ccccc1)NC(=O)OCc1ccccc1. The van der Waals surface area contributed by atoms with Crippen molar-refractivity contribution in [3.8, 4) is 0 Å². The fraction of sp³-hybridized carbons (Fsp3) is 0.364. The molecule has 2 N–H and O–H groups in total. The average molecular weight is 384 g/mol. The lowest BCUT2D eigenvalue weighted by molar-refractivity contribution is -0.134. The number of nitrogens with zero attached hydrogens (tertiary/aromatic N) is 1. The predicted molar refractivity (Wildman–Crippen MR) is 107 cm³/mol. The van der Waals surface area contributed by atoms with E-state index in [1.807, 2.05) is 60.7 Å². The van der Waals surface area contributed by atoms with E-state index in [4.69, 9.17) is 4.74 Å². The number of benzene rings is 2. The minimum absolute atomic E-state index is 0.114. The topological polar surface area (TPSA) is 78.9 Å². The first-order valence-electron chi connectivity index (χ1n) is 9.34. The molecule has 2 amide bonds. The predicted octanol–water partition coefficient (Wildman–Crippen LogP) is 3.27. The molecule has 0 radical (unpaired) electrons. The number of likely N-dealkylation sites (N-methyl/N-ethyl adjacent to an activating group) is 1. The van der Waals surface area contributed by atoms with Gasteiger partial charge in [0.2, 0.25) is 5.91 Å². The summed E-state index contributed by atoms with van der Waals surface area (Å²) in [6.45, 7) is 3.71. The van der Waals surface area contributed by atoms with E-state index in [1.165, 1.54) is 4.90 Å². The molecule has 28 heavy (non-hydrogen) atoms. The minimum atomic E-state index is -0.783. The summed E-state index contributed by atoms with van der Waals surface area (Å²) in [6, 6.07) is 17.8. The zero-order valence-corrected chi connectivity index (χ0v) is 16.5. The van der Waals surface area contributed by atoms with Gasteiger partial charge in [0.1, 0.15) is 6.61 Å². The van der Waals surface area contributed by atoms with Crippen LogP contribution in [0.2, 0.25) is 0 Å². The normalized spacial score (nSPS) is 13.9. The summed E-state index contributed by atoms with van der Waals surface area (Å²) in [5.74, 6) is -0.168. The molecule has 0 bridgehead atoms. The van der Waals surface area contributed by atoms with Crippen molar-refractivity contribution in [2.75, 3.05) is 7.05 Å². The number of hydrogen-bond donors (Lipinski definition) is 2. The van der Waals surface area contributed by atoms with Crippen molar-refractivity contribution in [3.05, 3.63) is 71.8 Å². The summed E-state index contributed by atoms with van der Waals surface area (Å²) in [7, 11) is 1.65. The van der Waals surface area contributed by atoms with Gasteiger partial charge < -0.3 is 20.1 Å². The van der Waals surface area contributed by atoms with E-state index >= 15 is 0 Å². The van der Waals surface area contributed by atoms with Crippen LogP contribution in [0.1, 0.15) is 37.5 Å². The summed E-state index contributed by atoms with van der Waals surface area (Å²) in [4.78, 5) is 25.9. The van der Waals surface area contributed by atoms with Crippen molar-refractivity contribution in [2.24, 2.45) is 0 Å². The maximum absolute atomic E-state index is 12.5. The number of rotatable bonds is 8. The van der Waals surface area contributed by atoms with E-state index in [1.54, 1.807) is 20.9 Å². The van der Waals surface area contributed by atoms with Crippen molar-refractivity contribution in [1.82, 2.24) is 10.2 Å². The Balaban J connectivity index is 1.79. The van der Waals surface area contributed by atoms with E-state index in [9.17, 15) is 14.7 Å². The molecule has 2 rings (SSSR count). The first-order chi connectivity index (χ1) is 13.4. The number of carbonyl (C=O) groups is 2. The monoisotopic (exact) mass is 384 g/mol. The number of aliphatic hydroxyl groups is 1. The summed E-state index contributed by atoms with van der Waals surface area (Å²) in [6.07, 6.45) is -1.23. The molecule has 0 spiro atoms. The molecule has 0 saturated heterocycles. The van der Waals surface area contributed by atoms with Crippen LogP contribution in [0.4, 0.5) is 4.79 Å². The zero-order valence-electron chi connectivity index (χ0n) is 16.5. The van der Waals surface area contributed by atoms with Crippen molar-refractivity contribution in [1.29, 1.82) is 0 Å². The highest BCUT2D eigenvalue weighted by Crippen LogP contribution is 2.20. The highest BCUT2D eigenvalue weighted by atomic mass is 16.5. The third-order valence-electron chi connectivity index (χ3n) is 4.66. The van der Waals surface area contributed by atoms with Gasteiger partial charge >= 0.3 is 6.09 Å². The second-order valence-corrected chi connectivity index (χ2v) is 6.91. The van der Waals surface area contributed by atoms with Gasteiger partial charge in [0.05, 0.1) is 12.1 Å². The van der Waals surface area contributed by atoms with Gasteiger partial charge in [-0.1, -0.05) is 60.7 Å². The third-order valence-corrected chi connectivity index (χ3v) is 4.66. The molecule has 150 valence electrons. The van der Waals surface area contributed by atoms with Crippen LogP contribution in [0.5, 0.6) is 0 Å². The lowest BCUT2D eigenvalue weighted by atomic mass is 10.0. The summed E-state index contributed by atoms with van der Waals surface area (Å²) < 4.78 is 5.17. The van der Waals surface area contributed by atoms with Crippen LogP contribution in [0.25, 0.3) is 0 Å². The smallest absolute Gasteiger partial charge is 0.407 e. The lowest BCUT2D eigenvalue weighted by Gasteiger charge is -2.30. The Bertz CT molecular complexity index is 752. The van der Waals surface area contributed by atoms with Crippen LogP contribution < -0.4 is 5.32 Å². The summed E-state index contributed by atoms with van der Waals surface area (Å²) in [5.41, 5.74) is 1.65. The number of ether oxygens (including phenoxy) is 1. The molecule has 2 aromatic rings. The second-order valence-electron chi connectivity index (χ2n) is 6.91. The van der Waals surface area contributed by atoms with Crippen molar-refractivity contribution >= 4 is 12.0 Å². The fourth-order valence-electron chi connectivity index (χ4n) is 2.79. The standard InChI is InChI=1S/C22H28N2O4/c1-16(23-22(27)28-15-18-10-6-4-7-11-18)14-20(25)24(3)17(2)21(26)19-12-8-5-9-13-19/h4-13,16-17,21,26H,14-15H2,1-3H3,(H,23,27)/t16-,17+,21-/m1/s1. The van der Waals surface area contributed by atoms with Crippen LogP contribution in [0, 0.1) is 0 Å². The van der Waals surface area contributed by atoms with Crippen LogP contribution in [0.3, 0.4) is 0 Å². The number of hydrogen-bond acceptors (Lipinski definition) is 4. The molecule has 0 aliphatic heterocycles. The molecule has 0 saturated carbocycles. The Morgan fingerprint density at radius 2 is 1.61 bits per heavy atom. The number of nitrogens with one attached hydrogen (secondary N) is 1. The fourth-order valence-corrected chi connectivity index (χ4v) is 2.79. The Kier molecular flexibility index (Phi) is 8.02. The average Bonchev–Trinajstić information content (AvgIpc) is 2.71. The molecule has 3 atom stereocenters. The molecule has 0 aliphatic rings. The number of amides is 2. The molecule has 6 heteroatoms. The van der Waals surface area contributed by atoms with Gasteiger partial charge in [-0.15, -0.1) is 0 Å². The maximum atomic E-state index is 12.5. The number of alkyl carbamates (subject to hydrolysis) is 1. The highest BCUT2D eigenvalue weighted by Gasteiger charge is 2.25. The Morgan fingerprint density at radius 3 is 2.21 bits per heavy atom. The number of aliphatic hydroxyl groups excluding tert-OH is 1. The van der Waals surface area contributed by atoms with Gasteiger partial charge in [-0.3, -0.25) is 4.79 Å². The quantitative estimate of drug-likeness (QED) is 0.732. The lowest BCUT2D eigenvalue weighted by Crippen LogP contribution is -2.43. The summed E-state index contributed by atoms with van der Waals surface area (Å²) in [5, 5.41) is 13.1. The first kappa shape index (κ1) is 21.4. The zero-order chi connectivity index (χ0) is 20.5. The maximum Gasteiger partial charge on any atom is 0.407 e. The molecular weight excluding hydrogens is 356 g/mol. The number of carbonyl (C=O) groups excluding carboxylic acids is 2. The van der Waals surface area contributed by atoms with Gasteiger partial charge in [-0.25, -0.2) is 4.79 Å². The van der Waals surface area contributed by atoms with Crippen LogP contribution in [-0.4, -0.2) is 41.1 Å². The van der Waals surface area contributed by atoms with Crippen molar-refractivity contribution in [2.45, 2.75) is 45.1 Å². The Labute approximate surface area is 166 Å². The van der Waals surface area contributed by atoms with E-state index in [-0.39, 0.29) is 25.0 Å². The van der Waals surface area contributed by atoms with Gasteiger partial charge in [0.15, 0.2) is 0 Å². The molecule has 0 aromatic heterocycles. The van der Waals surface area contributed by atoms with Crippen LogP contribution in [-0.2, 0) is 16.1 Å². The molecule has 6 nitrogen and oxygen atoms in total. The van der Waals surface area contributed by atoms with E-state index in [0.29, 0.717) is 0 Å². The van der Waals surface area contributed by atoms with E-state index in [0.717, 1.165) is 11.1 Å². The van der Waals surface area contributed by atoms with Crippen LogP contribution >= 0.6 is 0 Å². The molecule has 0 fully saturated rings. The largest absolute Gasteiger partial charge is 0.445 e. The van der Waals surface area contributed by atoms with E-state index in [2.05, 4.69) is 5.32 Å². The second kappa shape index (κ2) is 10.5. The van der Waals surface area contributed by atoms with Crippen molar-refractivity contribution in [3.63, 3.8) is 0 Å². The molecule has 0 aliphatic carbocycles. The first-order valence-corrected chi connectivity index (χ1v) is 9.34. The third kappa shape index (κ3) is 6.39. The Hall–Kier alpha value is -2.86. The molecule has 2 aromatic carbocycles.